The van der Waals surface area contributed by atoms with E-state index in [4.69, 9.17) is 0 Å². The van der Waals surface area contributed by atoms with Gasteiger partial charge in [-0.1, -0.05) is 78.5 Å². The van der Waals surface area contributed by atoms with Gasteiger partial charge in [-0.3, -0.25) is 19.8 Å². The van der Waals surface area contributed by atoms with Gasteiger partial charge in [0.25, 0.3) is 17.7 Å². The van der Waals surface area contributed by atoms with Gasteiger partial charge < -0.3 is 5.32 Å². The van der Waals surface area contributed by atoms with E-state index in [1.807, 2.05) is 48.6 Å². The van der Waals surface area contributed by atoms with Crippen molar-refractivity contribution in [3.8, 4) is 0 Å². The first-order valence-corrected chi connectivity index (χ1v) is 14.1. The molecule has 9 heteroatoms. The molecule has 2 N–H and O–H groups in total. The lowest BCUT2D eigenvalue weighted by Crippen LogP contribution is -2.47. The molecule has 40 heavy (non-hydrogen) atoms. The van der Waals surface area contributed by atoms with Crippen LogP contribution in [0.1, 0.15) is 37.4 Å². The van der Waals surface area contributed by atoms with Gasteiger partial charge in [-0.2, -0.15) is 0 Å². The number of thioether (sulfide) groups is 1. The molecule has 1 aliphatic heterocycles. The van der Waals surface area contributed by atoms with E-state index >= 15 is 0 Å². The van der Waals surface area contributed by atoms with Gasteiger partial charge in [-0.25, -0.2) is 9.40 Å². The van der Waals surface area contributed by atoms with E-state index in [1.54, 1.807) is 54.8 Å². The fourth-order valence-electron chi connectivity index (χ4n) is 4.02. The van der Waals surface area contributed by atoms with Gasteiger partial charge in [0.15, 0.2) is 0 Å². The van der Waals surface area contributed by atoms with Gasteiger partial charge in [0.05, 0.1) is 10.5 Å². The van der Waals surface area contributed by atoms with Crippen LogP contribution in [0.5, 0.6) is 0 Å². The molecule has 1 fully saturated rings. The standard InChI is InChI=1S/C31H24FN3O3S2/c1-20-19-39-30(33-28(36)23-10-6-3-7-11-23)27(20)29(37)34-35-26(17-14-21-8-4-2-5-9-21)40-25(31(35)38)18-22-12-15-24(32)16-13-22/h2-19,26H,1H3,(H,33,36)(H,34,37)/b17-14+,25-18+. The first-order valence-electron chi connectivity index (χ1n) is 12.4. The third-order valence-corrected chi connectivity index (χ3v) is 8.21. The van der Waals surface area contributed by atoms with Crippen molar-refractivity contribution in [2.75, 3.05) is 5.32 Å². The van der Waals surface area contributed by atoms with E-state index < -0.39 is 17.2 Å². The van der Waals surface area contributed by atoms with Gasteiger partial charge >= 0.3 is 0 Å². The molecule has 0 radical (unpaired) electrons. The van der Waals surface area contributed by atoms with Crippen LogP contribution >= 0.6 is 23.1 Å². The number of thiophene rings is 1. The molecule has 1 atom stereocenters. The fourth-order valence-corrected chi connectivity index (χ4v) is 6.03. The van der Waals surface area contributed by atoms with Crippen LogP contribution in [-0.4, -0.2) is 28.1 Å². The number of amides is 3. The zero-order valence-corrected chi connectivity index (χ0v) is 23.0. The third kappa shape index (κ3) is 6.22. The summed E-state index contributed by atoms with van der Waals surface area (Å²) in [5.41, 5.74) is 5.79. The normalized spacial score (nSPS) is 16.1. The van der Waals surface area contributed by atoms with Gasteiger partial charge in [0.2, 0.25) is 0 Å². The average molecular weight is 570 g/mol. The van der Waals surface area contributed by atoms with Gasteiger partial charge in [-0.15, -0.1) is 11.3 Å². The number of halogens is 1. The highest BCUT2D eigenvalue weighted by molar-refractivity contribution is 8.05. The largest absolute Gasteiger partial charge is 0.313 e. The van der Waals surface area contributed by atoms with Crippen molar-refractivity contribution in [1.29, 1.82) is 0 Å². The quantitative estimate of drug-likeness (QED) is 0.242. The lowest BCUT2D eigenvalue weighted by molar-refractivity contribution is -0.127. The molecule has 3 amide bonds. The van der Waals surface area contributed by atoms with Crippen LogP contribution in [0.15, 0.2) is 101 Å². The predicted molar refractivity (Wildman–Crippen MR) is 159 cm³/mol. The lowest BCUT2D eigenvalue weighted by Gasteiger charge is -2.22. The van der Waals surface area contributed by atoms with Crippen molar-refractivity contribution in [2.45, 2.75) is 12.3 Å². The van der Waals surface area contributed by atoms with Crippen molar-refractivity contribution < 1.29 is 18.8 Å². The topological polar surface area (TPSA) is 78.5 Å². The zero-order chi connectivity index (χ0) is 28.1. The molecule has 3 aromatic carbocycles. The number of hydrogen-bond donors (Lipinski definition) is 2. The fraction of sp³-hybridized carbons (Fsp3) is 0.0645. The van der Waals surface area contributed by atoms with Crippen LogP contribution < -0.4 is 10.7 Å². The van der Waals surface area contributed by atoms with Gasteiger partial charge in [-0.05, 0) is 65.4 Å². The first kappa shape index (κ1) is 27.1. The Morgan fingerprint density at radius 1 is 0.900 bits per heavy atom. The van der Waals surface area contributed by atoms with Crippen molar-refractivity contribution in [3.05, 3.63) is 135 Å². The van der Waals surface area contributed by atoms with Crippen LogP contribution in [-0.2, 0) is 4.79 Å². The minimum absolute atomic E-state index is 0.286. The summed E-state index contributed by atoms with van der Waals surface area (Å²) >= 11 is 2.52. The summed E-state index contributed by atoms with van der Waals surface area (Å²) in [6.45, 7) is 1.77. The Balaban J connectivity index is 1.41. The Hall–Kier alpha value is -4.47. The number of carbonyl (C=O) groups is 3. The molecule has 0 saturated carbocycles. The molecule has 1 saturated heterocycles. The molecule has 200 valence electrons. The summed E-state index contributed by atoms with van der Waals surface area (Å²) in [5.74, 6) is -1.62. The number of nitrogens with one attached hydrogen (secondary N) is 2. The zero-order valence-electron chi connectivity index (χ0n) is 21.3. The number of aryl methyl sites for hydroxylation is 1. The van der Waals surface area contributed by atoms with Gasteiger partial charge in [0, 0.05) is 5.56 Å². The molecule has 5 rings (SSSR count). The second kappa shape index (κ2) is 12.1. The van der Waals surface area contributed by atoms with Crippen LogP contribution in [0.3, 0.4) is 0 Å². The Kier molecular flexibility index (Phi) is 8.23. The van der Waals surface area contributed by atoms with E-state index in [-0.39, 0.29) is 17.3 Å². The maximum absolute atomic E-state index is 13.5. The highest BCUT2D eigenvalue weighted by Crippen LogP contribution is 2.37. The number of hydrogen-bond acceptors (Lipinski definition) is 5. The number of nitrogens with zero attached hydrogens (tertiary/aromatic N) is 1. The SMILES string of the molecule is Cc1csc(NC(=O)c2ccccc2)c1C(=O)NN1C(=O)/C(=C\c2ccc(F)cc2)SC1/C=C/c1ccccc1. The summed E-state index contributed by atoms with van der Waals surface area (Å²) in [7, 11) is 0. The summed E-state index contributed by atoms with van der Waals surface area (Å²) in [6.07, 6.45) is 5.39. The summed E-state index contributed by atoms with van der Waals surface area (Å²) in [4.78, 5) is 40.2. The molecule has 6 nitrogen and oxygen atoms in total. The summed E-state index contributed by atoms with van der Waals surface area (Å²) in [5, 5.41) is 5.74. The molecule has 0 bridgehead atoms. The Labute approximate surface area is 239 Å². The van der Waals surface area contributed by atoms with E-state index in [9.17, 15) is 18.8 Å². The Bertz CT molecular complexity index is 1600. The van der Waals surface area contributed by atoms with Crippen LogP contribution in [0.2, 0.25) is 0 Å². The van der Waals surface area contributed by atoms with Crippen LogP contribution in [0, 0.1) is 12.7 Å². The molecule has 0 aliphatic carbocycles. The predicted octanol–water partition coefficient (Wildman–Crippen LogP) is 6.75. The number of benzene rings is 3. The molecular weight excluding hydrogens is 545 g/mol. The Morgan fingerprint density at radius 3 is 2.27 bits per heavy atom. The molecule has 1 aliphatic rings. The minimum Gasteiger partial charge on any atom is -0.313 e. The van der Waals surface area contributed by atoms with Crippen molar-refractivity contribution in [1.82, 2.24) is 10.4 Å². The first-order chi connectivity index (χ1) is 19.4. The molecular formula is C31H24FN3O3S2. The molecule has 1 unspecified atom stereocenters. The van der Waals surface area contributed by atoms with E-state index in [2.05, 4.69) is 10.7 Å². The van der Waals surface area contributed by atoms with Crippen molar-refractivity contribution in [2.24, 2.45) is 0 Å². The van der Waals surface area contributed by atoms with Gasteiger partial charge in [0.1, 0.15) is 16.2 Å². The minimum atomic E-state index is -0.537. The van der Waals surface area contributed by atoms with E-state index in [1.165, 1.54) is 40.2 Å². The molecule has 4 aromatic rings. The Morgan fingerprint density at radius 2 is 1.57 bits per heavy atom. The number of rotatable bonds is 7. The highest BCUT2D eigenvalue weighted by atomic mass is 32.2. The van der Waals surface area contributed by atoms with Crippen LogP contribution in [0.4, 0.5) is 9.39 Å². The summed E-state index contributed by atoms with van der Waals surface area (Å²) in [6, 6.07) is 24.2. The molecule has 2 heterocycles. The van der Waals surface area contributed by atoms with Crippen molar-refractivity contribution in [3.63, 3.8) is 0 Å². The number of hydrazine groups is 1. The smallest absolute Gasteiger partial charge is 0.280 e. The lowest BCUT2D eigenvalue weighted by atomic mass is 10.2. The summed E-state index contributed by atoms with van der Waals surface area (Å²) < 4.78 is 13.4. The number of anilines is 1. The van der Waals surface area contributed by atoms with E-state index in [0.717, 1.165) is 5.56 Å². The highest BCUT2D eigenvalue weighted by Gasteiger charge is 2.37. The third-order valence-electron chi connectivity index (χ3n) is 6.04. The van der Waals surface area contributed by atoms with Crippen LogP contribution in [0.25, 0.3) is 12.2 Å². The van der Waals surface area contributed by atoms with Crippen molar-refractivity contribution >= 4 is 58.0 Å². The maximum Gasteiger partial charge on any atom is 0.280 e. The molecule has 0 spiro atoms. The monoisotopic (exact) mass is 569 g/mol. The second-order valence-corrected chi connectivity index (χ2v) is 10.9. The molecule has 1 aromatic heterocycles. The van der Waals surface area contributed by atoms with E-state index in [0.29, 0.717) is 26.6 Å². The maximum atomic E-state index is 13.5. The number of carbonyl (C=O) groups excluding carboxylic acids is 3. The average Bonchev–Trinajstić information content (AvgIpc) is 3.48. The second-order valence-electron chi connectivity index (χ2n) is 8.90.